The van der Waals surface area contributed by atoms with Gasteiger partial charge in [-0.25, -0.2) is 0 Å². The highest BCUT2D eigenvalue weighted by atomic mass is 32.1. The van der Waals surface area contributed by atoms with Gasteiger partial charge in [-0.05, 0) is 25.0 Å². The van der Waals surface area contributed by atoms with Crippen molar-refractivity contribution < 1.29 is 0 Å². The van der Waals surface area contributed by atoms with E-state index in [9.17, 15) is 0 Å². The van der Waals surface area contributed by atoms with Crippen molar-refractivity contribution in [2.24, 2.45) is 0 Å². The molecule has 84 valence electrons. The molecule has 3 heteroatoms. The Hall–Kier alpha value is -1.19. The highest BCUT2D eigenvalue weighted by molar-refractivity contribution is 7.09. The lowest BCUT2D eigenvalue weighted by atomic mass is 10.1. The second-order valence-electron chi connectivity index (χ2n) is 3.93. The fourth-order valence-corrected chi connectivity index (χ4v) is 2.26. The van der Waals surface area contributed by atoms with E-state index in [-0.39, 0.29) is 0 Å². The van der Waals surface area contributed by atoms with Gasteiger partial charge in [0.05, 0.1) is 5.51 Å². The van der Waals surface area contributed by atoms with E-state index in [4.69, 9.17) is 0 Å². The minimum absolute atomic E-state index is 0.368. The smallest absolute Gasteiger partial charge is 0.0794 e. The molecule has 1 heterocycles. The molecule has 0 bridgehead atoms. The van der Waals surface area contributed by atoms with E-state index >= 15 is 0 Å². The van der Waals surface area contributed by atoms with Crippen LogP contribution < -0.4 is 5.32 Å². The monoisotopic (exact) mass is 232 g/mol. The van der Waals surface area contributed by atoms with Crippen molar-refractivity contribution in [2.45, 2.75) is 26.4 Å². The van der Waals surface area contributed by atoms with Gasteiger partial charge in [0, 0.05) is 23.7 Å². The quantitative estimate of drug-likeness (QED) is 0.875. The van der Waals surface area contributed by atoms with Crippen molar-refractivity contribution >= 4 is 11.3 Å². The Bertz CT molecular complexity index is 437. The molecule has 1 aromatic heterocycles. The Morgan fingerprint density at radius 2 is 2.19 bits per heavy atom. The number of hydrogen-bond acceptors (Lipinski definition) is 3. The standard InChI is InChI=1S/C13H16N2S/c1-10-5-3-4-6-12(10)7-15-11(2)13-8-14-9-16-13/h3-6,8-9,11,15H,7H2,1-2H3. The average Bonchev–Trinajstić information content (AvgIpc) is 2.81. The first-order valence-electron chi connectivity index (χ1n) is 5.43. The summed E-state index contributed by atoms with van der Waals surface area (Å²) in [6.45, 7) is 5.23. The highest BCUT2D eigenvalue weighted by Crippen LogP contribution is 2.17. The summed E-state index contributed by atoms with van der Waals surface area (Å²) in [4.78, 5) is 5.38. The molecule has 0 fully saturated rings. The van der Waals surface area contributed by atoms with Crippen LogP contribution in [0.3, 0.4) is 0 Å². The molecule has 0 aliphatic carbocycles. The molecule has 2 aromatic rings. The maximum atomic E-state index is 4.09. The first-order valence-corrected chi connectivity index (χ1v) is 6.31. The van der Waals surface area contributed by atoms with Gasteiger partial charge in [-0.1, -0.05) is 24.3 Å². The van der Waals surface area contributed by atoms with Gasteiger partial charge in [0.1, 0.15) is 0 Å². The minimum Gasteiger partial charge on any atom is -0.305 e. The summed E-state index contributed by atoms with van der Waals surface area (Å²) in [7, 11) is 0. The Labute approximate surface area is 100 Å². The van der Waals surface area contributed by atoms with Crippen LogP contribution in [0.2, 0.25) is 0 Å². The van der Waals surface area contributed by atoms with E-state index < -0.39 is 0 Å². The van der Waals surface area contributed by atoms with Gasteiger partial charge in [-0.3, -0.25) is 4.98 Å². The zero-order valence-electron chi connectivity index (χ0n) is 9.60. The van der Waals surface area contributed by atoms with Gasteiger partial charge in [-0.2, -0.15) is 0 Å². The Balaban J connectivity index is 1.95. The minimum atomic E-state index is 0.368. The molecule has 1 unspecified atom stereocenters. The van der Waals surface area contributed by atoms with Crippen LogP contribution in [0.15, 0.2) is 36.0 Å². The van der Waals surface area contributed by atoms with Gasteiger partial charge in [-0.15, -0.1) is 11.3 Å². The summed E-state index contributed by atoms with van der Waals surface area (Å²) in [5.74, 6) is 0. The van der Waals surface area contributed by atoms with Gasteiger partial charge >= 0.3 is 0 Å². The van der Waals surface area contributed by atoms with Crippen molar-refractivity contribution in [3.8, 4) is 0 Å². The summed E-state index contributed by atoms with van der Waals surface area (Å²) < 4.78 is 0. The molecule has 2 nitrogen and oxygen atoms in total. The van der Waals surface area contributed by atoms with Crippen LogP contribution >= 0.6 is 11.3 Å². The van der Waals surface area contributed by atoms with E-state index in [1.807, 2.05) is 11.7 Å². The van der Waals surface area contributed by atoms with E-state index in [0.29, 0.717) is 6.04 Å². The van der Waals surface area contributed by atoms with Crippen LogP contribution in [0.4, 0.5) is 0 Å². The number of hydrogen-bond donors (Lipinski definition) is 1. The van der Waals surface area contributed by atoms with Crippen LogP contribution in [0.1, 0.15) is 29.0 Å². The second-order valence-corrected chi connectivity index (χ2v) is 4.85. The van der Waals surface area contributed by atoms with Crippen molar-refractivity contribution in [2.75, 3.05) is 0 Å². The lowest BCUT2D eigenvalue weighted by Gasteiger charge is -2.12. The summed E-state index contributed by atoms with van der Waals surface area (Å²) in [6.07, 6.45) is 1.93. The molecule has 0 aliphatic heterocycles. The van der Waals surface area contributed by atoms with E-state index in [2.05, 4.69) is 48.4 Å². The average molecular weight is 232 g/mol. The summed E-state index contributed by atoms with van der Waals surface area (Å²) in [5.41, 5.74) is 4.58. The second kappa shape index (κ2) is 5.23. The Kier molecular flexibility index (Phi) is 3.70. The molecule has 1 atom stereocenters. The molecular weight excluding hydrogens is 216 g/mol. The molecule has 16 heavy (non-hydrogen) atoms. The van der Waals surface area contributed by atoms with Crippen molar-refractivity contribution in [1.29, 1.82) is 0 Å². The van der Waals surface area contributed by atoms with E-state index in [0.717, 1.165) is 6.54 Å². The summed E-state index contributed by atoms with van der Waals surface area (Å²) in [6, 6.07) is 8.84. The normalized spacial score (nSPS) is 12.6. The predicted octanol–water partition coefficient (Wildman–Crippen LogP) is 3.30. The number of nitrogens with one attached hydrogen (secondary N) is 1. The fraction of sp³-hybridized carbons (Fsp3) is 0.308. The van der Waals surface area contributed by atoms with Crippen molar-refractivity contribution in [3.05, 3.63) is 52.0 Å². The molecule has 0 aliphatic rings. The number of aromatic nitrogens is 1. The molecule has 1 N–H and O–H groups in total. The van der Waals surface area contributed by atoms with Crippen LogP contribution in [0.25, 0.3) is 0 Å². The molecule has 0 saturated heterocycles. The van der Waals surface area contributed by atoms with Gasteiger partial charge in [0.25, 0.3) is 0 Å². The fourth-order valence-electron chi connectivity index (χ4n) is 1.61. The van der Waals surface area contributed by atoms with E-state index in [1.165, 1.54) is 16.0 Å². The van der Waals surface area contributed by atoms with E-state index in [1.54, 1.807) is 11.3 Å². The van der Waals surface area contributed by atoms with Gasteiger partial charge in [0.2, 0.25) is 0 Å². The lowest BCUT2D eigenvalue weighted by Crippen LogP contribution is -2.17. The number of nitrogens with zero attached hydrogens (tertiary/aromatic N) is 1. The molecule has 0 radical (unpaired) electrons. The number of thiazole rings is 1. The first-order chi connectivity index (χ1) is 7.77. The third kappa shape index (κ3) is 2.68. The van der Waals surface area contributed by atoms with Crippen molar-refractivity contribution in [3.63, 3.8) is 0 Å². The predicted molar refractivity (Wildman–Crippen MR) is 68.5 cm³/mol. The molecule has 0 amide bonds. The molecule has 0 spiro atoms. The Morgan fingerprint density at radius 1 is 1.38 bits per heavy atom. The van der Waals surface area contributed by atoms with Crippen molar-refractivity contribution in [1.82, 2.24) is 10.3 Å². The largest absolute Gasteiger partial charge is 0.305 e. The zero-order valence-corrected chi connectivity index (χ0v) is 10.4. The Morgan fingerprint density at radius 3 is 2.88 bits per heavy atom. The summed E-state index contributed by atoms with van der Waals surface area (Å²) in [5, 5.41) is 3.51. The highest BCUT2D eigenvalue weighted by Gasteiger charge is 2.06. The first kappa shape index (κ1) is 11.3. The molecule has 1 aromatic carbocycles. The SMILES string of the molecule is Cc1ccccc1CNC(C)c1cncs1. The number of aryl methyl sites for hydroxylation is 1. The number of benzene rings is 1. The zero-order chi connectivity index (χ0) is 11.4. The molecular formula is C13H16N2S. The van der Waals surface area contributed by atoms with Gasteiger partial charge in [0.15, 0.2) is 0 Å². The van der Waals surface area contributed by atoms with Crippen LogP contribution in [0, 0.1) is 6.92 Å². The van der Waals surface area contributed by atoms with Gasteiger partial charge < -0.3 is 5.32 Å². The maximum Gasteiger partial charge on any atom is 0.0794 e. The maximum absolute atomic E-state index is 4.09. The molecule has 0 saturated carbocycles. The van der Waals surface area contributed by atoms with Crippen LogP contribution in [-0.4, -0.2) is 4.98 Å². The third-order valence-corrected chi connectivity index (χ3v) is 3.70. The lowest BCUT2D eigenvalue weighted by molar-refractivity contribution is 0.580. The third-order valence-electron chi connectivity index (χ3n) is 2.74. The van der Waals surface area contributed by atoms with Crippen LogP contribution in [-0.2, 0) is 6.54 Å². The summed E-state index contributed by atoms with van der Waals surface area (Å²) >= 11 is 1.70. The number of rotatable bonds is 4. The topological polar surface area (TPSA) is 24.9 Å². The van der Waals surface area contributed by atoms with Crippen LogP contribution in [0.5, 0.6) is 0 Å². The molecule has 2 rings (SSSR count).